The number of carbonyl (C=O) groups is 1. The highest BCUT2D eigenvalue weighted by Gasteiger charge is 2.26. The van der Waals surface area contributed by atoms with Crippen LogP contribution in [-0.2, 0) is 9.53 Å². The molecule has 0 spiro atoms. The Labute approximate surface area is 97.4 Å². The summed E-state index contributed by atoms with van der Waals surface area (Å²) in [6.45, 7) is 2.45. The fraction of sp³-hybridized carbons (Fsp3) is 0.917. The van der Waals surface area contributed by atoms with E-state index in [2.05, 4.69) is 12.2 Å². The smallest absolute Gasteiger partial charge is 0.323 e. The lowest BCUT2D eigenvalue weighted by molar-refractivity contribution is -0.142. The maximum absolute atomic E-state index is 10.8. The van der Waals surface area contributed by atoms with Gasteiger partial charge >= 0.3 is 5.97 Å². The second-order valence-corrected chi connectivity index (χ2v) is 4.50. The van der Waals surface area contributed by atoms with Crippen LogP contribution < -0.4 is 5.32 Å². The number of hydrogen-bond donors (Lipinski definition) is 2. The second kappa shape index (κ2) is 6.86. The van der Waals surface area contributed by atoms with Gasteiger partial charge in [-0.05, 0) is 25.8 Å². The van der Waals surface area contributed by atoms with Gasteiger partial charge in [-0.15, -0.1) is 0 Å². The largest absolute Gasteiger partial charge is 0.480 e. The molecule has 4 nitrogen and oxygen atoms in total. The monoisotopic (exact) mass is 229 g/mol. The van der Waals surface area contributed by atoms with Gasteiger partial charge in [0.1, 0.15) is 6.04 Å². The Morgan fingerprint density at radius 3 is 2.75 bits per heavy atom. The van der Waals surface area contributed by atoms with Gasteiger partial charge in [0.15, 0.2) is 0 Å². The number of nitrogens with one attached hydrogen (secondary N) is 1. The molecule has 16 heavy (non-hydrogen) atoms. The quantitative estimate of drug-likeness (QED) is 0.727. The molecule has 0 amide bonds. The molecule has 1 saturated carbocycles. The van der Waals surface area contributed by atoms with Crippen molar-refractivity contribution in [1.29, 1.82) is 0 Å². The third-order valence-corrected chi connectivity index (χ3v) is 3.49. The predicted octanol–water partition coefficient (Wildman–Crippen LogP) is 1.64. The minimum atomic E-state index is -0.841. The molecular formula is C12H23NO3. The minimum Gasteiger partial charge on any atom is -0.480 e. The number of carboxylic acids is 1. The van der Waals surface area contributed by atoms with E-state index in [0.717, 1.165) is 12.8 Å². The first-order valence-electron chi connectivity index (χ1n) is 6.20. The molecule has 0 bridgehead atoms. The van der Waals surface area contributed by atoms with Gasteiger partial charge < -0.3 is 15.2 Å². The van der Waals surface area contributed by atoms with Crippen molar-refractivity contribution in [1.82, 2.24) is 5.32 Å². The van der Waals surface area contributed by atoms with Gasteiger partial charge in [0.05, 0.1) is 12.7 Å². The lowest BCUT2D eigenvalue weighted by Crippen LogP contribution is -2.40. The first-order valence-corrected chi connectivity index (χ1v) is 6.20. The van der Waals surface area contributed by atoms with Crippen molar-refractivity contribution >= 4 is 5.97 Å². The van der Waals surface area contributed by atoms with Gasteiger partial charge in [-0.25, -0.2) is 0 Å². The van der Waals surface area contributed by atoms with Crippen LogP contribution in [0.4, 0.5) is 0 Å². The molecular weight excluding hydrogens is 206 g/mol. The highest BCUT2D eigenvalue weighted by Crippen LogP contribution is 2.29. The summed E-state index contributed by atoms with van der Waals surface area (Å²) in [7, 11) is 1.65. The van der Waals surface area contributed by atoms with E-state index in [0.29, 0.717) is 5.92 Å². The van der Waals surface area contributed by atoms with Crippen LogP contribution in [0.5, 0.6) is 0 Å². The van der Waals surface area contributed by atoms with Gasteiger partial charge in [0, 0.05) is 0 Å². The summed E-state index contributed by atoms with van der Waals surface area (Å²) in [5.74, 6) is -0.230. The van der Waals surface area contributed by atoms with E-state index in [1.165, 1.54) is 19.3 Å². The second-order valence-electron chi connectivity index (χ2n) is 4.50. The SMILES string of the molecule is CCC1CCCCC1OCC(NC)C(=O)O. The Kier molecular flexibility index (Phi) is 5.77. The summed E-state index contributed by atoms with van der Waals surface area (Å²) >= 11 is 0. The molecule has 0 aromatic carbocycles. The number of hydrogen-bond acceptors (Lipinski definition) is 3. The van der Waals surface area contributed by atoms with Crippen molar-refractivity contribution in [2.24, 2.45) is 5.92 Å². The van der Waals surface area contributed by atoms with Crippen LogP contribution >= 0.6 is 0 Å². The Hall–Kier alpha value is -0.610. The standard InChI is InChI=1S/C12H23NO3/c1-3-9-6-4-5-7-11(9)16-8-10(13-2)12(14)15/h9-11,13H,3-8H2,1-2H3,(H,14,15). The van der Waals surface area contributed by atoms with E-state index in [1.807, 2.05) is 0 Å². The van der Waals surface area contributed by atoms with Crippen LogP contribution in [0.25, 0.3) is 0 Å². The van der Waals surface area contributed by atoms with E-state index >= 15 is 0 Å². The summed E-state index contributed by atoms with van der Waals surface area (Å²) in [4.78, 5) is 10.8. The lowest BCUT2D eigenvalue weighted by atomic mass is 9.85. The minimum absolute atomic E-state index is 0.258. The fourth-order valence-corrected chi connectivity index (χ4v) is 2.36. The average Bonchev–Trinajstić information content (AvgIpc) is 2.30. The summed E-state index contributed by atoms with van der Waals surface area (Å²) in [5, 5.41) is 11.6. The zero-order valence-corrected chi connectivity index (χ0v) is 10.2. The van der Waals surface area contributed by atoms with E-state index in [9.17, 15) is 4.79 Å². The van der Waals surface area contributed by atoms with Gasteiger partial charge in [0.2, 0.25) is 0 Å². The zero-order chi connectivity index (χ0) is 12.0. The van der Waals surface area contributed by atoms with Gasteiger partial charge in [-0.1, -0.05) is 26.2 Å². The molecule has 0 radical (unpaired) electrons. The molecule has 0 aromatic heterocycles. The molecule has 1 fully saturated rings. The summed E-state index contributed by atoms with van der Waals surface area (Å²) < 4.78 is 5.76. The number of likely N-dealkylation sites (N-methyl/N-ethyl adjacent to an activating group) is 1. The van der Waals surface area contributed by atoms with Crippen LogP contribution in [-0.4, -0.2) is 36.9 Å². The van der Waals surface area contributed by atoms with Crippen molar-refractivity contribution in [3.63, 3.8) is 0 Å². The van der Waals surface area contributed by atoms with Crippen molar-refractivity contribution < 1.29 is 14.6 Å². The molecule has 0 aromatic rings. The Bertz CT molecular complexity index is 220. The number of rotatable bonds is 6. The first kappa shape index (κ1) is 13.5. The van der Waals surface area contributed by atoms with Crippen molar-refractivity contribution in [3.8, 4) is 0 Å². The molecule has 4 heteroatoms. The molecule has 2 N–H and O–H groups in total. The molecule has 3 unspecified atom stereocenters. The van der Waals surface area contributed by atoms with Crippen molar-refractivity contribution in [2.75, 3.05) is 13.7 Å². The van der Waals surface area contributed by atoms with Gasteiger partial charge in [-0.3, -0.25) is 4.79 Å². The van der Waals surface area contributed by atoms with E-state index in [1.54, 1.807) is 7.05 Å². The molecule has 1 rings (SSSR count). The number of carboxylic acid groups (broad SMARTS) is 1. The van der Waals surface area contributed by atoms with Crippen molar-refractivity contribution in [2.45, 2.75) is 51.2 Å². The van der Waals surface area contributed by atoms with Crippen LogP contribution in [0, 0.1) is 5.92 Å². The van der Waals surface area contributed by atoms with Crippen LogP contribution in [0.2, 0.25) is 0 Å². The number of aliphatic carboxylic acids is 1. The lowest BCUT2D eigenvalue weighted by Gasteiger charge is -2.31. The Morgan fingerprint density at radius 2 is 2.19 bits per heavy atom. The normalized spacial score (nSPS) is 27.6. The molecule has 3 atom stereocenters. The van der Waals surface area contributed by atoms with Gasteiger partial charge in [-0.2, -0.15) is 0 Å². The predicted molar refractivity (Wildman–Crippen MR) is 62.5 cm³/mol. The van der Waals surface area contributed by atoms with Crippen LogP contribution in [0.3, 0.4) is 0 Å². The molecule has 0 aliphatic heterocycles. The Morgan fingerprint density at radius 1 is 1.50 bits per heavy atom. The van der Waals surface area contributed by atoms with E-state index < -0.39 is 12.0 Å². The highest BCUT2D eigenvalue weighted by molar-refractivity contribution is 5.73. The fourth-order valence-electron chi connectivity index (χ4n) is 2.36. The zero-order valence-electron chi connectivity index (χ0n) is 10.2. The summed E-state index contributed by atoms with van der Waals surface area (Å²) in [6.07, 6.45) is 6.18. The third-order valence-electron chi connectivity index (χ3n) is 3.49. The molecule has 0 heterocycles. The van der Waals surface area contributed by atoms with Crippen molar-refractivity contribution in [3.05, 3.63) is 0 Å². The molecule has 0 saturated heterocycles. The molecule has 1 aliphatic rings. The molecule has 1 aliphatic carbocycles. The summed E-state index contributed by atoms with van der Waals surface area (Å²) in [6, 6.07) is -0.584. The number of ether oxygens (including phenoxy) is 1. The maximum atomic E-state index is 10.8. The molecule has 94 valence electrons. The van der Waals surface area contributed by atoms with Crippen LogP contribution in [0.15, 0.2) is 0 Å². The highest BCUT2D eigenvalue weighted by atomic mass is 16.5. The third kappa shape index (κ3) is 3.76. The van der Waals surface area contributed by atoms with Gasteiger partial charge in [0.25, 0.3) is 0 Å². The Balaban J connectivity index is 2.36. The summed E-state index contributed by atoms with van der Waals surface area (Å²) in [5.41, 5.74) is 0. The average molecular weight is 229 g/mol. The first-order chi connectivity index (χ1) is 7.69. The maximum Gasteiger partial charge on any atom is 0.323 e. The van der Waals surface area contributed by atoms with E-state index in [4.69, 9.17) is 9.84 Å². The van der Waals surface area contributed by atoms with Crippen LogP contribution in [0.1, 0.15) is 39.0 Å². The van der Waals surface area contributed by atoms with E-state index in [-0.39, 0.29) is 12.7 Å². The topological polar surface area (TPSA) is 58.6 Å².